The Hall–Kier alpha value is -0.920. The Balaban J connectivity index is 2.81. The van der Waals surface area contributed by atoms with Gasteiger partial charge in [-0.2, -0.15) is 0 Å². The van der Waals surface area contributed by atoms with Crippen LogP contribution in [0.2, 0.25) is 0 Å². The Morgan fingerprint density at radius 1 is 1.10 bits per heavy atom. The van der Waals surface area contributed by atoms with E-state index in [0.29, 0.717) is 6.42 Å². The summed E-state index contributed by atoms with van der Waals surface area (Å²) in [6.45, 7) is 3.67. The lowest BCUT2D eigenvalue weighted by atomic mass is 10.1. The summed E-state index contributed by atoms with van der Waals surface area (Å²) >= 11 is 0. The van der Waals surface area contributed by atoms with E-state index in [-0.39, 0.29) is 16.7 Å². The summed E-state index contributed by atoms with van der Waals surface area (Å²) in [7, 11) is -6.53. The molecule has 1 N–H and O–H groups in total. The van der Waals surface area contributed by atoms with Crippen molar-refractivity contribution in [3.63, 3.8) is 0 Å². The maximum Gasteiger partial charge on any atom is 0.212 e. The Kier molecular flexibility index (Phi) is 5.73. The number of benzene rings is 1. The topological polar surface area (TPSA) is 80.3 Å². The van der Waals surface area contributed by atoms with E-state index in [0.717, 1.165) is 18.2 Å². The molecule has 7 heteroatoms. The van der Waals surface area contributed by atoms with Crippen LogP contribution >= 0.6 is 0 Å². The van der Waals surface area contributed by atoms with E-state index in [9.17, 15) is 16.8 Å². The van der Waals surface area contributed by atoms with Crippen LogP contribution < -0.4 is 4.72 Å². The van der Waals surface area contributed by atoms with E-state index in [2.05, 4.69) is 4.72 Å². The van der Waals surface area contributed by atoms with Gasteiger partial charge in [-0.05, 0) is 31.0 Å². The second kappa shape index (κ2) is 6.69. The van der Waals surface area contributed by atoms with Gasteiger partial charge in [-0.15, -0.1) is 0 Å². The van der Waals surface area contributed by atoms with E-state index in [1.807, 2.05) is 6.92 Å². The lowest BCUT2D eigenvalue weighted by molar-refractivity contribution is 0.563. The third-order valence-corrected chi connectivity index (χ3v) is 5.60. The highest BCUT2D eigenvalue weighted by molar-refractivity contribution is 7.90. The molecule has 1 aromatic carbocycles. The average Bonchev–Trinajstić information content (AvgIpc) is 2.35. The van der Waals surface area contributed by atoms with Crippen LogP contribution in [0.15, 0.2) is 29.2 Å². The Labute approximate surface area is 121 Å². The van der Waals surface area contributed by atoms with Crippen LogP contribution in [0.25, 0.3) is 0 Å². The average molecular weight is 319 g/mol. The van der Waals surface area contributed by atoms with Crippen molar-refractivity contribution in [1.82, 2.24) is 4.72 Å². The largest absolute Gasteiger partial charge is 0.224 e. The van der Waals surface area contributed by atoms with E-state index >= 15 is 0 Å². The van der Waals surface area contributed by atoms with Gasteiger partial charge >= 0.3 is 0 Å². The van der Waals surface area contributed by atoms with Gasteiger partial charge in [0.25, 0.3) is 0 Å². The molecular formula is C13H21NO4S2. The van der Waals surface area contributed by atoms with Gasteiger partial charge in [0, 0.05) is 12.3 Å². The molecule has 0 unspecified atom stereocenters. The number of sulfone groups is 1. The summed E-state index contributed by atoms with van der Waals surface area (Å²) < 4.78 is 48.9. The van der Waals surface area contributed by atoms with Crippen molar-refractivity contribution in [1.29, 1.82) is 0 Å². The summed E-state index contributed by atoms with van der Waals surface area (Å²) in [4.78, 5) is 0.224. The maximum absolute atomic E-state index is 11.8. The van der Waals surface area contributed by atoms with Crippen LogP contribution in [-0.4, -0.2) is 28.8 Å². The molecule has 1 aromatic rings. The SMILES string of the molecule is CCCCS(=O)(=O)N[C@H](C)c1ccc(S(C)(=O)=O)cc1. The highest BCUT2D eigenvalue weighted by atomic mass is 32.2. The molecule has 20 heavy (non-hydrogen) atoms. The van der Waals surface area contributed by atoms with Gasteiger partial charge in [0.05, 0.1) is 10.6 Å². The van der Waals surface area contributed by atoms with Gasteiger partial charge in [-0.1, -0.05) is 25.5 Å². The molecule has 0 fully saturated rings. The summed E-state index contributed by atoms with van der Waals surface area (Å²) in [5, 5.41) is 0. The molecule has 0 heterocycles. The highest BCUT2D eigenvalue weighted by Gasteiger charge is 2.16. The van der Waals surface area contributed by atoms with Gasteiger partial charge in [0.2, 0.25) is 10.0 Å². The van der Waals surface area contributed by atoms with E-state index < -0.39 is 19.9 Å². The normalized spacial score (nSPS) is 14.2. The summed E-state index contributed by atoms with van der Waals surface area (Å²) in [6, 6.07) is 5.85. The summed E-state index contributed by atoms with van der Waals surface area (Å²) in [5.41, 5.74) is 0.734. The molecule has 0 radical (unpaired) electrons. The first-order valence-corrected chi connectivity index (χ1v) is 10.00. The second-order valence-electron chi connectivity index (χ2n) is 4.85. The minimum atomic E-state index is -3.30. The van der Waals surface area contributed by atoms with Crippen LogP contribution in [0.1, 0.15) is 38.3 Å². The molecule has 114 valence electrons. The number of hydrogen-bond donors (Lipinski definition) is 1. The Morgan fingerprint density at radius 2 is 1.65 bits per heavy atom. The number of unbranched alkanes of at least 4 members (excludes halogenated alkanes) is 1. The summed E-state index contributed by atoms with van der Waals surface area (Å²) in [5.74, 6) is 0.106. The van der Waals surface area contributed by atoms with Crippen molar-refractivity contribution in [2.75, 3.05) is 12.0 Å². The standard InChI is InChI=1S/C13H21NO4S2/c1-4-5-10-20(17,18)14-11(2)12-6-8-13(9-7-12)19(3,15)16/h6-9,11,14H,4-5,10H2,1-3H3/t11-/m1/s1. The van der Waals surface area contributed by atoms with E-state index in [1.54, 1.807) is 19.1 Å². The second-order valence-corrected chi connectivity index (χ2v) is 8.74. The molecule has 0 aromatic heterocycles. The minimum Gasteiger partial charge on any atom is -0.224 e. The molecule has 0 saturated heterocycles. The molecule has 0 saturated carbocycles. The minimum absolute atomic E-state index is 0.106. The molecule has 0 spiro atoms. The molecular weight excluding hydrogens is 298 g/mol. The number of hydrogen-bond acceptors (Lipinski definition) is 4. The van der Waals surface area contributed by atoms with Crippen LogP contribution in [0.3, 0.4) is 0 Å². The van der Waals surface area contributed by atoms with E-state index in [1.165, 1.54) is 12.1 Å². The fourth-order valence-corrected chi connectivity index (χ4v) is 3.83. The zero-order valence-electron chi connectivity index (χ0n) is 12.0. The van der Waals surface area contributed by atoms with Crippen LogP contribution in [0.4, 0.5) is 0 Å². The van der Waals surface area contributed by atoms with Gasteiger partial charge in [-0.25, -0.2) is 21.6 Å². The van der Waals surface area contributed by atoms with Gasteiger partial charge in [0.1, 0.15) is 0 Å². The third-order valence-electron chi connectivity index (χ3n) is 2.93. The van der Waals surface area contributed by atoms with Gasteiger partial charge in [0.15, 0.2) is 9.84 Å². The zero-order valence-corrected chi connectivity index (χ0v) is 13.6. The first-order chi connectivity index (χ1) is 9.15. The predicted octanol–water partition coefficient (Wildman–Crippen LogP) is 1.87. The number of sulfonamides is 1. The molecule has 0 aliphatic carbocycles. The lowest BCUT2D eigenvalue weighted by Gasteiger charge is -2.14. The Bertz CT molecular complexity index is 633. The highest BCUT2D eigenvalue weighted by Crippen LogP contribution is 2.17. The first-order valence-electron chi connectivity index (χ1n) is 6.46. The number of rotatable bonds is 7. The monoisotopic (exact) mass is 319 g/mol. The third kappa shape index (κ3) is 5.22. The van der Waals surface area contributed by atoms with Crippen LogP contribution in [0.5, 0.6) is 0 Å². The predicted molar refractivity (Wildman–Crippen MR) is 79.8 cm³/mol. The maximum atomic E-state index is 11.8. The van der Waals surface area contributed by atoms with Crippen molar-refractivity contribution in [3.8, 4) is 0 Å². The van der Waals surface area contributed by atoms with Gasteiger partial charge < -0.3 is 0 Å². The zero-order chi connectivity index (χ0) is 15.4. The molecule has 0 bridgehead atoms. The molecule has 0 aliphatic rings. The van der Waals surface area contributed by atoms with Crippen molar-refractivity contribution in [2.24, 2.45) is 0 Å². The molecule has 5 nitrogen and oxygen atoms in total. The van der Waals surface area contributed by atoms with Crippen molar-refractivity contribution in [2.45, 2.75) is 37.6 Å². The smallest absolute Gasteiger partial charge is 0.212 e. The fraction of sp³-hybridized carbons (Fsp3) is 0.538. The molecule has 1 rings (SSSR count). The molecule has 0 amide bonds. The lowest BCUT2D eigenvalue weighted by Crippen LogP contribution is -2.29. The first kappa shape index (κ1) is 17.1. The molecule has 0 aliphatic heterocycles. The van der Waals surface area contributed by atoms with Crippen LogP contribution in [0, 0.1) is 0 Å². The van der Waals surface area contributed by atoms with Crippen molar-refractivity contribution in [3.05, 3.63) is 29.8 Å². The summed E-state index contributed by atoms with van der Waals surface area (Å²) in [6.07, 6.45) is 2.58. The van der Waals surface area contributed by atoms with E-state index in [4.69, 9.17) is 0 Å². The van der Waals surface area contributed by atoms with Crippen LogP contribution in [-0.2, 0) is 19.9 Å². The van der Waals surface area contributed by atoms with Crippen molar-refractivity contribution < 1.29 is 16.8 Å². The Morgan fingerprint density at radius 3 is 2.10 bits per heavy atom. The quantitative estimate of drug-likeness (QED) is 0.832. The van der Waals surface area contributed by atoms with Crippen molar-refractivity contribution >= 4 is 19.9 Å². The molecule has 1 atom stereocenters. The fourth-order valence-electron chi connectivity index (χ4n) is 1.73. The van der Waals surface area contributed by atoms with Gasteiger partial charge in [-0.3, -0.25) is 0 Å². The number of nitrogens with one attached hydrogen (secondary N) is 1.